The minimum atomic E-state index is -1.52. The third-order valence-corrected chi connectivity index (χ3v) is 3.08. The third kappa shape index (κ3) is 2.46. The van der Waals surface area contributed by atoms with E-state index >= 15 is 0 Å². The summed E-state index contributed by atoms with van der Waals surface area (Å²) in [5, 5.41) is 4.28. The van der Waals surface area contributed by atoms with Gasteiger partial charge in [0.05, 0.1) is 23.0 Å². The van der Waals surface area contributed by atoms with Crippen molar-refractivity contribution in [2.24, 2.45) is 5.73 Å². The van der Waals surface area contributed by atoms with Crippen LogP contribution in [0.5, 0.6) is 0 Å². The molecule has 3 nitrogen and oxygen atoms in total. The molecular weight excluding hydrogens is 279 g/mol. The molecule has 0 amide bonds. The highest BCUT2D eigenvalue weighted by atomic mass is 35.5. The lowest BCUT2D eigenvalue weighted by atomic mass is 10.0. The van der Waals surface area contributed by atoms with Crippen LogP contribution in [0, 0.1) is 17.5 Å². The Labute approximate surface area is 112 Å². The summed E-state index contributed by atoms with van der Waals surface area (Å²) in [7, 11) is 0. The largest absolute Gasteiger partial charge is 0.319 e. The van der Waals surface area contributed by atoms with Crippen molar-refractivity contribution in [2.75, 3.05) is 0 Å². The highest BCUT2D eigenvalue weighted by Gasteiger charge is 2.21. The van der Waals surface area contributed by atoms with Crippen LogP contribution in [0.1, 0.15) is 24.2 Å². The third-order valence-electron chi connectivity index (χ3n) is 2.79. The first kappa shape index (κ1) is 13.9. The van der Waals surface area contributed by atoms with Crippen LogP contribution in [0.4, 0.5) is 13.2 Å². The molecule has 2 N–H and O–H groups in total. The van der Waals surface area contributed by atoms with Crippen molar-refractivity contribution in [2.45, 2.75) is 19.5 Å². The lowest BCUT2D eigenvalue weighted by Gasteiger charge is -2.15. The maximum absolute atomic E-state index is 13.2. The van der Waals surface area contributed by atoms with Crippen LogP contribution >= 0.6 is 11.6 Å². The van der Waals surface area contributed by atoms with E-state index in [1.165, 1.54) is 10.9 Å². The van der Waals surface area contributed by atoms with Gasteiger partial charge < -0.3 is 5.73 Å². The fourth-order valence-electron chi connectivity index (χ4n) is 1.85. The van der Waals surface area contributed by atoms with Crippen molar-refractivity contribution in [3.63, 3.8) is 0 Å². The van der Waals surface area contributed by atoms with Gasteiger partial charge in [0, 0.05) is 6.54 Å². The predicted molar refractivity (Wildman–Crippen MR) is 65.3 cm³/mol. The van der Waals surface area contributed by atoms with Crippen LogP contribution in [0.3, 0.4) is 0 Å². The summed E-state index contributed by atoms with van der Waals surface area (Å²) in [6, 6.07) is 0.818. The van der Waals surface area contributed by atoms with Gasteiger partial charge in [-0.25, -0.2) is 13.2 Å². The number of aromatic nitrogens is 2. The Morgan fingerprint density at radius 3 is 2.42 bits per heavy atom. The van der Waals surface area contributed by atoms with Gasteiger partial charge in [0.15, 0.2) is 17.5 Å². The van der Waals surface area contributed by atoms with E-state index in [0.29, 0.717) is 17.3 Å². The van der Waals surface area contributed by atoms with E-state index in [2.05, 4.69) is 5.10 Å². The Hall–Kier alpha value is -1.53. The standard InChI is InChI=1S/C12H11ClF3N3/c1-2-19-12(7(13)5-18-19)11(17)6-3-8(14)10(16)9(15)4-6/h3-5,11H,2,17H2,1H3. The molecule has 0 fully saturated rings. The number of rotatable bonds is 3. The monoisotopic (exact) mass is 289 g/mol. The van der Waals surface area contributed by atoms with Crippen molar-refractivity contribution >= 4 is 11.6 Å². The van der Waals surface area contributed by atoms with Gasteiger partial charge >= 0.3 is 0 Å². The zero-order valence-corrected chi connectivity index (χ0v) is 10.8. The Morgan fingerprint density at radius 1 is 1.32 bits per heavy atom. The van der Waals surface area contributed by atoms with E-state index in [9.17, 15) is 13.2 Å². The summed E-state index contributed by atoms with van der Waals surface area (Å²) in [5.41, 5.74) is 6.44. The topological polar surface area (TPSA) is 43.8 Å². The highest BCUT2D eigenvalue weighted by Crippen LogP contribution is 2.28. The second-order valence-electron chi connectivity index (χ2n) is 3.97. The highest BCUT2D eigenvalue weighted by molar-refractivity contribution is 6.31. The van der Waals surface area contributed by atoms with E-state index in [-0.39, 0.29) is 5.56 Å². The first-order valence-electron chi connectivity index (χ1n) is 5.57. The molecule has 0 aliphatic rings. The molecule has 2 aromatic rings. The van der Waals surface area contributed by atoms with Gasteiger partial charge in [-0.2, -0.15) is 5.10 Å². The molecule has 0 spiro atoms. The van der Waals surface area contributed by atoms with E-state index in [4.69, 9.17) is 17.3 Å². The molecule has 0 aliphatic heterocycles. The van der Waals surface area contributed by atoms with Gasteiger partial charge in [-0.1, -0.05) is 11.6 Å². The summed E-state index contributed by atoms with van der Waals surface area (Å²) in [4.78, 5) is 0. The number of benzene rings is 1. The zero-order valence-electron chi connectivity index (χ0n) is 10.0. The van der Waals surface area contributed by atoms with Gasteiger partial charge in [0.25, 0.3) is 0 Å². The van der Waals surface area contributed by atoms with Crippen molar-refractivity contribution in [3.05, 3.63) is 52.1 Å². The molecule has 0 radical (unpaired) electrons. The first-order chi connectivity index (χ1) is 8.95. The predicted octanol–water partition coefficient (Wildman–Crippen LogP) is 3.02. The van der Waals surface area contributed by atoms with Crippen LogP contribution in [-0.2, 0) is 6.54 Å². The molecule has 2 rings (SSSR count). The molecule has 1 heterocycles. The van der Waals surface area contributed by atoms with Crippen LogP contribution < -0.4 is 5.73 Å². The summed E-state index contributed by atoms with van der Waals surface area (Å²) >= 11 is 5.95. The van der Waals surface area contributed by atoms with Crippen LogP contribution in [-0.4, -0.2) is 9.78 Å². The Balaban J connectivity index is 2.49. The normalized spacial score (nSPS) is 12.7. The number of hydrogen-bond donors (Lipinski definition) is 1. The summed E-state index contributed by atoms with van der Waals surface area (Å²) in [6.45, 7) is 2.33. The Bertz CT molecular complexity index is 589. The van der Waals surface area contributed by atoms with Crippen molar-refractivity contribution in [1.82, 2.24) is 9.78 Å². The average molecular weight is 290 g/mol. The molecule has 1 aromatic carbocycles. The van der Waals surface area contributed by atoms with Crippen LogP contribution in [0.25, 0.3) is 0 Å². The zero-order chi connectivity index (χ0) is 14.2. The molecule has 0 saturated carbocycles. The maximum atomic E-state index is 13.2. The SMILES string of the molecule is CCn1ncc(Cl)c1C(N)c1cc(F)c(F)c(F)c1. The lowest BCUT2D eigenvalue weighted by molar-refractivity contribution is 0.444. The van der Waals surface area contributed by atoms with Gasteiger partial charge in [-0.3, -0.25) is 4.68 Å². The van der Waals surface area contributed by atoms with E-state index < -0.39 is 23.5 Å². The van der Waals surface area contributed by atoms with E-state index in [0.717, 1.165) is 12.1 Å². The molecule has 102 valence electrons. The van der Waals surface area contributed by atoms with Gasteiger partial charge in [-0.15, -0.1) is 0 Å². The molecular formula is C12H11ClF3N3. The average Bonchev–Trinajstić information content (AvgIpc) is 2.75. The van der Waals surface area contributed by atoms with E-state index in [1.807, 2.05) is 6.92 Å². The summed E-state index contributed by atoms with van der Waals surface area (Å²) in [6.07, 6.45) is 1.40. The summed E-state index contributed by atoms with van der Waals surface area (Å²) < 4.78 is 40.8. The van der Waals surface area contributed by atoms with Gasteiger partial charge in [0.1, 0.15) is 0 Å². The number of halogens is 4. The molecule has 0 aliphatic carbocycles. The first-order valence-corrected chi connectivity index (χ1v) is 5.94. The molecule has 0 bridgehead atoms. The van der Waals surface area contributed by atoms with Crippen LogP contribution in [0.2, 0.25) is 5.02 Å². The smallest absolute Gasteiger partial charge is 0.194 e. The molecule has 19 heavy (non-hydrogen) atoms. The van der Waals surface area contributed by atoms with Crippen molar-refractivity contribution in [1.29, 1.82) is 0 Å². The summed E-state index contributed by atoms with van der Waals surface area (Å²) in [5.74, 6) is -4.10. The van der Waals surface area contributed by atoms with Gasteiger partial charge in [0.2, 0.25) is 0 Å². The molecule has 7 heteroatoms. The maximum Gasteiger partial charge on any atom is 0.194 e. The molecule has 1 atom stereocenters. The molecule has 1 unspecified atom stereocenters. The Kier molecular flexibility index (Phi) is 3.82. The minimum Gasteiger partial charge on any atom is -0.319 e. The fourth-order valence-corrected chi connectivity index (χ4v) is 2.10. The number of nitrogens with zero attached hydrogens (tertiary/aromatic N) is 2. The lowest BCUT2D eigenvalue weighted by Crippen LogP contribution is -2.18. The van der Waals surface area contributed by atoms with Crippen molar-refractivity contribution < 1.29 is 13.2 Å². The van der Waals surface area contributed by atoms with Gasteiger partial charge in [-0.05, 0) is 24.6 Å². The van der Waals surface area contributed by atoms with E-state index in [1.54, 1.807) is 0 Å². The second-order valence-corrected chi connectivity index (χ2v) is 4.38. The molecule has 1 aromatic heterocycles. The fraction of sp³-hybridized carbons (Fsp3) is 0.250. The molecule has 0 saturated heterocycles. The quantitative estimate of drug-likeness (QED) is 0.883. The minimum absolute atomic E-state index is 0.0912. The Morgan fingerprint density at radius 2 is 1.89 bits per heavy atom. The van der Waals surface area contributed by atoms with Crippen molar-refractivity contribution in [3.8, 4) is 0 Å². The number of aryl methyl sites for hydroxylation is 1. The second kappa shape index (κ2) is 5.22. The number of nitrogens with two attached hydrogens (primary N) is 1. The van der Waals surface area contributed by atoms with Crippen LogP contribution in [0.15, 0.2) is 18.3 Å². The number of hydrogen-bond acceptors (Lipinski definition) is 2.